The first kappa shape index (κ1) is 15.1. The van der Waals surface area contributed by atoms with E-state index >= 15 is 0 Å². The fraction of sp³-hybridized carbons (Fsp3) is 0.500. The second-order valence-corrected chi connectivity index (χ2v) is 9.36. The van der Waals surface area contributed by atoms with Crippen LogP contribution in [0.15, 0.2) is 18.2 Å². The predicted molar refractivity (Wildman–Crippen MR) is 83.9 cm³/mol. The van der Waals surface area contributed by atoms with Crippen LogP contribution >= 0.6 is 7.94 Å². The zero-order valence-corrected chi connectivity index (χ0v) is 13.9. The van der Waals surface area contributed by atoms with Gasteiger partial charge in [-0.2, -0.15) is 0 Å². The van der Waals surface area contributed by atoms with Crippen LogP contribution in [-0.2, 0) is 0 Å². The normalized spacial score (nSPS) is 13.7. The Morgan fingerprint density at radius 3 is 2.15 bits per heavy atom. The third kappa shape index (κ3) is 2.38. The molecule has 0 aliphatic heterocycles. The number of fused-ring (bicyclic) bond motifs is 1. The maximum absolute atomic E-state index is 6.45. The van der Waals surface area contributed by atoms with Gasteiger partial charge in [0.25, 0.3) is 0 Å². The Labute approximate surface area is 120 Å². The van der Waals surface area contributed by atoms with Crippen molar-refractivity contribution >= 4 is 19.0 Å². The van der Waals surface area contributed by atoms with E-state index in [1.54, 1.807) is 0 Å². The van der Waals surface area contributed by atoms with Crippen LogP contribution in [-0.4, -0.2) is 71.7 Å². The van der Waals surface area contributed by atoms with Gasteiger partial charge in [-0.1, -0.05) is 0 Å². The number of rotatable bonds is 5. The van der Waals surface area contributed by atoms with Crippen LogP contribution in [0.3, 0.4) is 0 Å². The quantitative estimate of drug-likeness (QED) is 0.843. The van der Waals surface area contributed by atoms with Crippen molar-refractivity contribution in [3.8, 4) is 5.75 Å². The van der Waals surface area contributed by atoms with Gasteiger partial charge in [0, 0.05) is 0 Å². The van der Waals surface area contributed by atoms with Crippen molar-refractivity contribution in [2.24, 2.45) is 0 Å². The summed E-state index contributed by atoms with van der Waals surface area (Å²) in [5, 5.41) is 10.8. The van der Waals surface area contributed by atoms with Gasteiger partial charge in [0.2, 0.25) is 0 Å². The maximum atomic E-state index is 6.45. The van der Waals surface area contributed by atoms with Gasteiger partial charge in [-0.25, -0.2) is 0 Å². The van der Waals surface area contributed by atoms with Crippen LogP contribution in [0.2, 0.25) is 0 Å². The Balaban J connectivity index is 2.49. The van der Waals surface area contributed by atoms with Crippen molar-refractivity contribution in [1.82, 2.24) is 29.4 Å². The van der Waals surface area contributed by atoms with E-state index in [0.717, 1.165) is 16.8 Å². The molecule has 0 atom stereocenters. The van der Waals surface area contributed by atoms with Gasteiger partial charge < -0.3 is 0 Å². The monoisotopic (exact) mass is 298 g/mol. The van der Waals surface area contributed by atoms with Gasteiger partial charge in [0.1, 0.15) is 0 Å². The second kappa shape index (κ2) is 5.61. The first-order valence-corrected chi connectivity index (χ1v) is 8.15. The summed E-state index contributed by atoms with van der Waals surface area (Å²) in [7, 11) is 9.78. The third-order valence-electron chi connectivity index (χ3n) is 3.31. The Morgan fingerprint density at radius 2 is 1.60 bits per heavy atom. The molecule has 0 saturated carbocycles. The van der Waals surface area contributed by atoms with Gasteiger partial charge in [0.15, 0.2) is 0 Å². The molecule has 2 aromatic rings. The number of aromatic amines is 1. The summed E-state index contributed by atoms with van der Waals surface area (Å²) in [6.07, 6.45) is 0. The molecule has 1 aromatic heterocycles. The van der Waals surface area contributed by atoms with E-state index in [0.29, 0.717) is 0 Å². The Kier molecular flexibility index (Phi) is 4.25. The van der Waals surface area contributed by atoms with Gasteiger partial charge in [-0.15, -0.1) is 0 Å². The number of nitrogens with one attached hydrogen (secondary N) is 1. The van der Waals surface area contributed by atoms with E-state index in [-0.39, 0.29) is 0 Å². The molecular formula is C12H23N6OP. The number of nitrogens with zero attached hydrogens (tertiary/aromatic N) is 5. The van der Waals surface area contributed by atoms with Crippen LogP contribution in [0.25, 0.3) is 11.0 Å². The van der Waals surface area contributed by atoms with E-state index in [1.165, 1.54) is 0 Å². The van der Waals surface area contributed by atoms with E-state index in [1.807, 2.05) is 60.5 Å². The molecule has 0 bridgehead atoms. The topological polar surface area (TPSA) is 60.5 Å². The molecule has 20 heavy (non-hydrogen) atoms. The van der Waals surface area contributed by atoms with E-state index in [2.05, 4.69) is 29.4 Å². The molecule has 0 aliphatic carbocycles. The second-order valence-electron chi connectivity index (χ2n) is 5.32. The molecule has 2 rings (SSSR count). The van der Waals surface area contributed by atoms with Crippen molar-refractivity contribution < 1.29 is 4.52 Å². The van der Waals surface area contributed by atoms with Crippen LogP contribution in [0.4, 0.5) is 0 Å². The van der Waals surface area contributed by atoms with Gasteiger partial charge in [-0.05, 0) is 0 Å². The zero-order valence-electron chi connectivity index (χ0n) is 12.9. The van der Waals surface area contributed by atoms with Crippen LogP contribution < -0.4 is 4.52 Å². The molecule has 1 N–H and O–H groups in total. The molecule has 0 spiro atoms. The standard InChI is InChI=1S/C12H23N6OP/c1-16(2)20(17(3)4,18(5)6)19-11-9-7-8-10-12(11)14-15-13-10/h7-9,20H,1-6H3,(H,13,14,15). The summed E-state index contributed by atoms with van der Waals surface area (Å²) in [5.41, 5.74) is 1.64. The van der Waals surface area contributed by atoms with E-state index in [4.69, 9.17) is 4.52 Å². The number of hydrogen-bond acceptors (Lipinski definition) is 6. The minimum atomic E-state index is -2.44. The Bertz CT molecular complexity index is 560. The van der Waals surface area contributed by atoms with Gasteiger partial charge >= 0.3 is 119 Å². The van der Waals surface area contributed by atoms with Crippen molar-refractivity contribution in [2.45, 2.75) is 0 Å². The molecule has 0 aliphatic rings. The summed E-state index contributed by atoms with van der Waals surface area (Å²) < 4.78 is 12.9. The zero-order chi connectivity index (χ0) is 14.9. The summed E-state index contributed by atoms with van der Waals surface area (Å²) in [6.45, 7) is 0. The van der Waals surface area contributed by atoms with E-state index < -0.39 is 7.94 Å². The summed E-state index contributed by atoms with van der Waals surface area (Å²) in [4.78, 5) is 0. The fourth-order valence-electron chi connectivity index (χ4n) is 2.55. The molecule has 7 nitrogen and oxygen atoms in total. The van der Waals surface area contributed by atoms with Crippen molar-refractivity contribution in [3.63, 3.8) is 0 Å². The van der Waals surface area contributed by atoms with Crippen molar-refractivity contribution in [1.29, 1.82) is 0 Å². The predicted octanol–water partition coefficient (Wildman–Crippen LogP) is 1.43. The average Bonchev–Trinajstić information content (AvgIpc) is 2.83. The average molecular weight is 298 g/mol. The molecule has 1 aromatic carbocycles. The number of hydrogen-bond donors (Lipinski definition) is 1. The summed E-state index contributed by atoms with van der Waals surface area (Å²) >= 11 is 0. The Hall–Kier alpha value is -1.27. The number of aromatic nitrogens is 3. The molecule has 0 unspecified atom stereocenters. The summed E-state index contributed by atoms with van der Waals surface area (Å²) in [5.74, 6) is 0.749. The third-order valence-corrected chi connectivity index (χ3v) is 7.30. The van der Waals surface area contributed by atoms with Crippen molar-refractivity contribution in [2.75, 3.05) is 42.3 Å². The number of benzene rings is 1. The molecule has 1 heterocycles. The molecular weight excluding hydrogens is 275 g/mol. The SMILES string of the molecule is CN(C)[PH](Oc1cccc2[nH]nnc12)(N(C)C)N(C)C. The van der Waals surface area contributed by atoms with Gasteiger partial charge in [0.05, 0.1) is 0 Å². The molecule has 0 radical (unpaired) electrons. The van der Waals surface area contributed by atoms with Crippen molar-refractivity contribution in [3.05, 3.63) is 18.2 Å². The van der Waals surface area contributed by atoms with Crippen LogP contribution in [0.5, 0.6) is 5.75 Å². The van der Waals surface area contributed by atoms with Gasteiger partial charge in [-0.3, -0.25) is 0 Å². The fourth-order valence-corrected chi connectivity index (χ4v) is 5.96. The summed E-state index contributed by atoms with van der Waals surface area (Å²) in [6, 6.07) is 5.81. The first-order valence-electron chi connectivity index (χ1n) is 6.40. The minimum absolute atomic E-state index is 0.749. The van der Waals surface area contributed by atoms with Crippen LogP contribution in [0.1, 0.15) is 0 Å². The molecule has 112 valence electrons. The molecule has 8 heteroatoms. The molecule has 0 saturated heterocycles. The Morgan fingerprint density at radius 1 is 1.00 bits per heavy atom. The van der Waals surface area contributed by atoms with Crippen LogP contribution in [0, 0.1) is 0 Å². The van der Waals surface area contributed by atoms with E-state index in [9.17, 15) is 0 Å². The number of H-pyrrole nitrogens is 1. The molecule has 0 fully saturated rings. The first-order chi connectivity index (χ1) is 9.39. The molecule has 0 amide bonds.